The van der Waals surface area contributed by atoms with Crippen molar-refractivity contribution in [2.75, 3.05) is 0 Å². The first kappa shape index (κ1) is 11.2. The van der Waals surface area contributed by atoms with E-state index in [1.807, 2.05) is 0 Å². The van der Waals surface area contributed by atoms with Crippen molar-refractivity contribution >= 4 is 41.7 Å². The van der Waals surface area contributed by atoms with Crippen molar-refractivity contribution < 1.29 is 9.42 Å². The molecule has 1 aromatic rings. The summed E-state index contributed by atoms with van der Waals surface area (Å²) in [4.78, 5) is 9.05. The predicted octanol–water partition coefficient (Wildman–Crippen LogP) is 2.55. The Morgan fingerprint density at radius 3 is 2.54 bits per heavy atom. The van der Waals surface area contributed by atoms with Gasteiger partial charge in [-0.1, -0.05) is 23.2 Å². The Balaban J connectivity index is 2.97. The van der Waals surface area contributed by atoms with Crippen molar-refractivity contribution in [1.82, 2.24) is 0 Å². The lowest BCUT2D eigenvalue weighted by molar-refractivity contribution is 0.484. The van der Waals surface area contributed by atoms with Gasteiger partial charge in [-0.25, -0.2) is 5.50 Å². The Bertz CT molecular complexity index is 368. The van der Waals surface area contributed by atoms with Gasteiger partial charge in [0.05, 0.1) is 5.02 Å². The van der Waals surface area contributed by atoms with Gasteiger partial charge in [0.25, 0.3) is 0 Å². The summed E-state index contributed by atoms with van der Waals surface area (Å²) in [6.45, 7) is -3.22. The SMILES string of the molecule is NP(O)(=S)Oc1ccc(Cl)cc1Cl. The maximum atomic E-state index is 9.05. The summed E-state index contributed by atoms with van der Waals surface area (Å²) in [6.07, 6.45) is 0. The second kappa shape index (κ2) is 4.13. The van der Waals surface area contributed by atoms with Crippen molar-refractivity contribution in [3.63, 3.8) is 0 Å². The molecule has 0 fully saturated rings. The van der Waals surface area contributed by atoms with Crippen LogP contribution in [0.4, 0.5) is 0 Å². The summed E-state index contributed by atoms with van der Waals surface area (Å²) < 4.78 is 4.86. The maximum Gasteiger partial charge on any atom is 0.307 e. The highest BCUT2D eigenvalue weighted by molar-refractivity contribution is 8.08. The van der Waals surface area contributed by atoms with E-state index in [9.17, 15) is 0 Å². The van der Waals surface area contributed by atoms with Gasteiger partial charge in [-0.2, -0.15) is 0 Å². The van der Waals surface area contributed by atoms with Crippen molar-refractivity contribution in [3.8, 4) is 5.75 Å². The zero-order chi connectivity index (χ0) is 10.1. The largest absolute Gasteiger partial charge is 0.431 e. The quantitative estimate of drug-likeness (QED) is 0.800. The Kier molecular flexibility index (Phi) is 3.57. The molecule has 1 rings (SSSR count). The van der Waals surface area contributed by atoms with Gasteiger partial charge in [-0.15, -0.1) is 0 Å². The maximum absolute atomic E-state index is 9.05. The highest BCUT2D eigenvalue weighted by Crippen LogP contribution is 2.38. The monoisotopic (exact) mass is 257 g/mol. The van der Waals surface area contributed by atoms with Gasteiger partial charge in [-0.05, 0) is 30.0 Å². The molecule has 1 unspecified atom stereocenters. The molecule has 0 saturated carbocycles. The van der Waals surface area contributed by atoms with Crippen LogP contribution in [0.2, 0.25) is 10.0 Å². The zero-order valence-corrected chi connectivity index (χ0v) is 9.50. The summed E-state index contributed by atoms with van der Waals surface area (Å²) in [7, 11) is 0. The smallest absolute Gasteiger partial charge is 0.307 e. The molecule has 3 nitrogen and oxygen atoms in total. The van der Waals surface area contributed by atoms with E-state index in [0.717, 1.165) is 0 Å². The van der Waals surface area contributed by atoms with Gasteiger partial charge < -0.3 is 9.42 Å². The number of nitrogens with two attached hydrogens (primary N) is 1. The van der Waals surface area contributed by atoms with Crippen LogP contribution in [0, 0.1) is 0 Å². The van der Waals surface area contributed by atoms with Gasteiger partial charge in [0.15, 0.2) is 0 Å². The second-order valence-electron chi connectivity index (χ2n) is 2.23. The molecule has 0 saturated heterocycles. The molecule has 0 amide bonds. The third kappa shape index (κ3) is 3.81. The lowest BCUT2D eigenvalue weighted by Gasteiger charge is -2.12. The van der Waals surface area contributed by atoms with Crippen LogP contribution in [0.5, 0.6) is 5.75 Å². The molecule has 72 valence electrons. The zero-order valence-electron chi connectivity index (χ0n) is 6.28. The molecule has 0 spiro atoms. The summed E-state index contributed by atoms with van der Waals surface area (Å²) in [6, 6.07) is 4.53. The lowest BCUT2D eigenvalue weighted by Crippen LogP contribution is -2.00. The molecular formula is C6H6Cl2NO2PS. The normalized spacial score (nSPS) is 15.1. The molecule has 7 heteroatoms. The summed E-state index contributed by atoms with van der Waals surface area (Å²) in [5.74, 6) is 0.236. The van der Waals surface area contributed by atoms with Crippen LogP contribution >= 0.6 is 29.8 Å². The number of halogens is 2. The molecule has 1 aromatic carbocycles. The van der Waals surface area contributed by atoms with Crippen LogP contribution < -0.4 is 10.0 Å². The first-order chi connectivity index (χ1) is 5.88. The summed E-state index contributed by atoms with van der Waals surface area (Å²) in [5, 5.41) is 0.738. The van der Waals surface area contributed by atoms with Crippen molar-refractivity contribution in [2.24, 2.45) is 5.50 Å². The van der Waals surface area contributed by atoms with E-state index in [4.69, 9.17) is 38.1 Å². The average molecular weight is 258 g/mol. The molecule has 1 atom stereocenters. The molecule has 3 N–H and O–H groups in total. The number of benzene rings is 1. The van der Waals surface area contributed by atoms with Crippen molar-refractivity contribution in [3.05, 3.63) is 28.2 Å². The predicted molar refractivity (Wildman–Crippen MR) is 57.8 cm³/mol. The molecule has 0 bridgehead atoms. The van der Waals surface area contributed by atoms with Gasteiger partial charge >= 0.3 is 6.64 Å². The Labute approximate surface area is 90.6 Å². The van der Waals surface area contributed by atoms with Crippen LogP contribution in [0.1, 0.15) is 0 Å². The summed E-state index contributed by atoms with van der Waals surface area (Å²) in [5.41, 5.74) is 5.14. The van der Waals surface area contributed by atoms with Gasteiger partial charge in [0, 0.05) is 5.02 Å². The van der Waals surface area contributed by atoms with Gasteiger partial charge in [0.2, 0.25) is 0 Å². The molecule has 0 aliphatic heterocycles. The third-order valence-electron chi connectivity index (χ3n) is 1.12. The molecular weight excluding hydrogens is 252 g/mol. The van der Waals surface area contributed by atoms with Crippen LogP contribution in [0.3, 0.4) is 0 Å². The van der Waals surface area contributed by atoms with Crippen LogP contribution in [-0.4, -0.2) is 4.89 Å². The van der Waals surface area contributed by atoms with Gasteiger partial charge in [-0.3, -0.25) is 0 Å². The van der Waals surface area contributed by atoms with E-state index in [1.54, 1.807) is 6.07 Å². The van der Waals surface area contributed by atoms with E-state index in [1.165, 1.54) is 12.1 Å². The molecule has 0 aliphatic carbocycles. The third-order valence-corrected chi connectivity index (χ3v) is 2.34. The average Bonchev–Trinajstić information content (AvgIpc) is 1.93. The molecule has 0 aliphatic rings. The summed E-state index contributed by atoms with van der Waals surface area (Å²) >= 11 is 15.9. The van der Waals surface area contributed by atoms with E-state index >= 15 is 0 Å². The van der Waals surface area contributed by atoms with E-state index in [2.05, 4.69) is 11.8 Å². The Morgan fingerprint density at radius 2 is 2.08 bits per heavy atom. The topological polar surface area (TPSA) is 55.5 Å². The minimum absolute atomic E-state index is 0.236. The number of hydrogen-bond donors (Lipinski definition) is 2. The first-order valence-electron chi connectivity index (χ1n) is 3.14. The van der Waals surface area contributed by atoms with Crippen molar-refractivity contribution in [1.29, 1.82) is 0 Å². The van der Waals surface area contributed by atoms with Crippen LogP contribution in [0.15, 0.2) is 18.2 Å². The standard InChI is InChI=1S/C6H6Cl2NO2PS/c7-4-1-2-6(5(8)3-4)11-12(9,10)13/h1-3H,(H3,9,10,13). The lowest BCUT2D eigenvalue weighted by atomic mass is 10.3. The fraction of sp³-hybridized carbons (Fsp3) is 0. The Morgan fingerprint density at radius 1 is 1.46 bits per heavy atom. The van der Waals surface area contributed by atoms with Crippen LogP contribution in [0.25, 0.3) is 0 Å². The molecule has 0 radical (unpaired) electrons. The highest BCUT2D eigenvalue weighted by Gasteiger charge is 2.10. The molecule has 0 heterocycles. The molecule has 0 aromatic heterocycles. The van der Waals surface area contributed by atoms with Crippen molar-refractivity contribution in [2.45, 2.75) is 0 Å². The fourth-order valence-electron chi connectivity index (χ4n) is 0.690. The minimum Gasteiger partial charge on any atom is -0.431 e. The minimum atomic E-state index is -3.22. The highest BCUT2D eigenvalue weighted by atomic mass is 35.5. The van der Waals surface area contributed by atoms with Gasteiger partial charge in [0.1, 0.15) is 5.75 Å². The first-order valence-corrected chi connectivity index (χ1v) is 6.64. The van der Waals surface area contributed by atoms with E-state index in [0.29, 0.717) is 5.02 Å². The Hall–Kier alpha value is 0.170. The number of rotatable bonds is 2. The fourth-order valence-corrected chi connectivity index (χ4v) is 1.87. The van der Waals surface area contributed by atoms with E-state index in [-0.39, 0.29) is 10.8 Å². The second-order valence-corrected chi connectivity index (χ2v) is 5.95. The van der Waals surface area contributed by atoms with Crippen LogP contribution in [-0.2, 0) is 11.8 Å². The number of hydrogen-bond acceptors (Lipinski definition) is 2. The van der Waals surface area contributed by atoms with E-state index < -0.39 is 6.64 Å². The molecule has 13 heavy (non-hydrogen) atoms.